The summed E-state index contributed by atoms with van der Waals surface area (Å²) in [5, 5.41) is 13.2. The minimum atomic E-state index is -0.996. The number of hydrogen-bond donors (Lipinski definition) is 2. The van der Waals surface area contributed by atoms with Crippen molar-refractivity contribution in [3.63, 3.8) is 0 Å². The number of urea groups is 1. The van der Waals surface area contributed by atoms with E-state index in [4.69, 9.17) is 0 Å². The summed E-state index contributed by atoms with van der Waals surface area (Å²) in [6, 6.07) is 2.92. The van der Waals surface area contributed by atoms with Crippen molar-refractivity contribution < 1.29 is 18.7 Å². The minimum absolute atomic E-state index is 0.0389. The van der Waals surface area contributed by atoms with Crippen LogP contribution in [0.3, 0.4) is 0 Å². The number of aliphatic hydroxyl groups excluding tert-OH is 1. The van der Waals surface area contributed by atoms with E-state index in [9.17, 15) is 18.7 Å². The van der Waals surface area contributed by atoms with Crippen LogP contribution < -0.4 is 5.32 Å². The molecule has 2 aromatic rings. The lowest BCUT2D eigenvalue weighted by Crippen LogP contribution is -2.36. The third kappa shape index (κ3) is 3.41. The molecule has 0 spiro atoms. The third-order valence-corrected chi connectivity index (χ3v) is 5.79. The number of benzene rings is 1. The van der Waals surface area contributed by atoms with E-state index < -0.39 is 17.7 Å². The summed E-state index contributed by atoms with van der Waals surface area (Å²) in [7, 11) is 0. The molecular weight excluding hydrogens is 354 g/mol. The normalized spacial score (nSPS) is 27.5. The number of imidazole rings is 1. The van der Waals surface area contributed by atoms with Crippen molar-refractivity contribution in [2.45, 2.75) is 31.9 Å². The van der Waals surface area contributed by atoms with Gasteiger partial charge in [-0.15, -0.1) is 0 Å². The molecular formula is C19H22F2N4O2. The Morgan fingerprint density at radius 2 is 1.96 bits per heavy atom. The fraction of sp³-hybridized carbons (Fsp3) is 0.474. The predicted octanol–water partition coefficient (Wildman–Crippen LogP) is 2.95. The number of anilines is 1. The lowest BCUT2D eigenvalue weighted by atomic mass is 9.77. The number of rotatable bonds is 2. The molecule has 1 saturated heterocycles. The van der Waals surface area contributed by atoms with Gasteiger partial charge in [-0.3, -0.25) is 0 Å². The molecule has 2 fully saturated rings. The Morgan fingerprint density at radius 1 is 1.22 bits per heavy atom. The standard InChI is InChI=1S/C19H22F2N4O2/c1-11-22-4-5-25(11)17-6-12-9-24(10-13(12)7-18(17)26)19(27)23-14-2-3-15(20)16(21)8-14/h2-5,8,12-13,17-18,26H,6-7,9-10H2,1H3,(H,23,27)/t12-,13+,17-,18-/m0/s1. The molecule has 6 nitrogen and oxygen atoms in total. The van der Waals surface area contributed by atoms with Crippen molar-refractivity contribution in [2.24, 2.45) is 11.8 Å². The molecule has 1 saturated carbocycles. The van der Waals surface area contributed by atoms with Gasteiger partial charge in [0.05, 0.1) is 12.1 Å². The fourth-order valence-electron chi connectivity index (χ4n) is 4.39. The van der Waals surface area contributed by atoms with Crippen LogP contribution in [0, 0.1) is 30.4 Å². The molecule has 4 atom stereocenters. The Kier molecular flexibility index (Phi) is 4.59. The molecule has 1 aliphatic heterocycles. The summed E-state index contributed by atoms with van der Waals surface area (Å²) in [5.74, 6) is -0.560. The van der Waals surface area contributed by atoms with Gasteiger partial charge in [-0.25, -0.2) is 18.6 Å². The maximum absolute atomic E-state index is 13.3. The van der Waals surface area contributed by atoms with Crippen molar-refractivity contribution in [1.82, 2.24) is 14.5 Å². The molecule has 2 amide bonds. The summed E-state index contributed by atoms with van der Waals surface area (Å²) < 4.78 is 28.4. The van der Waals surface area contributed by atoms with Crippen molar-refractivity contribution in [2.75, 3.05) is 18.4 Å². The zero-order valence-corrected chi connectivity index (χ0v) is 15.0. The Balaban J connectivity index is 1.42. The smallest absolute Gasteiger partial charge is 0.321 e. The van der Waals surface area contributed by atoms with Crippen molar-refractivity contribution >= 4 is 11.7 Å². The Hall–Kier alpha value is -2.48. The summed E-state index contributed by atoms with van der Waals surface area (Å²) in [6.45, 7) is 3.04. The lowest BCUT2D eigenvalue weighted by Gasteiger charge is -2.36. The number of carbonyl (C=O) groups excluding carboxylic acids is 1. The second-order valence-electron chi connectivity index (χ2n) is 7.47. The second kappa shape index (κ2) is 6.92. The van der Waals surface area contributed by atoms with Crippen molar-refractivity contribution in [1.29, 1.82) is 0 Å². The van der Waals surface area contributed by atoms with Gasteiger partial charge in [-0.05, 0) is 43.7 Å². The predicted molar refractivity (Wildman–Crippen MR) is 95.2 cm³/mol. The SMILES string of the molecule is Cc1nccn1[C@H]1C[C@H]2CN(C(=O)Nc3ccc(F)c(F)c3)C[C@H]2C[C@@H]1O. The molecule has 1 aromatic heterocycles. The highest BCUT2D eigenvalue weighted by atomic mass is 19.2. The maximum Gasteiger partial charge on any atom is 0.321 e. The first-order valence-electron chi connectivity index (χ1n) is 9.11. The van der Waals surface area contributed by atoms with Crippen molar-refractivity contribution in [3.05, 3.63) is 48.1 Å². The van der Waals surface area contributed by atoms with E-state index in [2.05, 4.69) is 10.3 Å². The first-order chi connectivity index (χ1) is 12.9. The number of aromatic nitrogens is 2. The molecule has 4 rings (SSSR count). The van der Waals surface area contributed by atoms with Crippen LogP contribution in [0.4, 0.5) is 19.3 Å². The monoisotopic (exact) mass is 376 g/mol. The van der Waals surface area contributed by atoms with Crippen LogP contribution in [0.25, 0.3) is 0 Å². The number of carbonyl (C=O) groups is 1. The van der Waals surface area contributed by atoms with Crippen LogP contribution in [-0.2, 0) is 0 Å². The number of amides is 2. The van der Waals surface area contributed by atoms with Gasteiger partial charge in [-0.2, -0.15) is 0 Å². The van der Waals surface area contributed by atoms with Crippen LogP contribution >= 0.6 is 0 Å². The van der Waals surface area contributed by atoms with Gasteiger partial charge in [0.1, 0.15) is 5.82 Å². The number of aliphatic hydroxyl groups is 1. The van der Waals surface area contributed by atoms with Gasteiger partial charge < -0.3 is 19.9 Å². The molecule has 8 heteroatoms. The van der Waals surface area contributed by atoms with Gasteiger partial charge in [0.15, 0.2) is 11.6 Å². The molecule has 1 aliphatic carbocycles. The molecule has 2 aliphatic rings. The van der Waals surface area contributed by atoms with Crippen LogP contribution in [-0.4, -0.2) is 44.8 Å². The molecule has 27 heavy (non-hydrogen) atoms. The maximum atomic E-state index is 13.3. The van der Waals surface area contributed by atoms with Crippen LogP contribution in [0.15, 0.2) is 30.6 Å². The average molecular weight is 376 g/mol. The van der Waals surface area contributed by atoms with E-state index in [0.29, 0.717) is 19.5 Å². The third-order valence-electron chi connectivity index (χ3n) is 5.79. The number of halogens is 2. The molecule has 1 aromatic carbocycles. The minimum Gasteiger partial charge on any atom is -0.391 e. The van der Waals surface area contributed by atoms with Crippen LogP contribution in [0.1, 0.15) is 24.7 Å². The van der Waals surface area contributed by atoms with E-state index in [1.54, 1.807) is 11.1 Å². The van der Waals surface area contributed by atoms with Gasteiger partial charge in [0, 0.05) is 37.2 Å². The summed E-state index contributed by atoms with van der Waals surface area (Å²) in [6.07, 6.45) is 4.53. The Morgan fingerprint density at radius 3 is 2.63 bits per heavy atom. The Bertz CT molecular complexity index is 856. The van der Waals surface area contributed by atoms with Gasteiger partial charge in [0.25, 0.3) is 0 Å². The highest BCUT2D eigenvalue weighted by Crippen LogP contribution is 2.41. The van der Waals surface area contributed by atoms with E-state index in [1.165, 1.54) is 6.07 Å². The Labute approximate surface area is 155 Å². The van der Waals surface area contributed by atoms with Gasteiger partial charge in [-0.1, -0.05) is 0 Å². The number of likely N-dealkylation sites (tertiary alicyclic amines) is 1. The zero-order chi connectivity index (χ0) is 19.1. The highest BCUT2D eigenvalue weighted by Gasteiger charge is 2.43. The molecule has 0 unspecified atom stereocenters. The molecule has 144 valence electrons. The first kappa shape index (κ1) is 17.9. The van der Waals surface area contributed by atoms with Gasteiger partial charge >= 0.3 is 6.03 Å². The highest BCUT2D eigenvalue weighted by molar-refractivity contribution is 5.89. The van der Waals surface area contributed by atoms with Crippen LogP contribution in [0.5, 0.6) is 0 Å². The first-order valence-corrected chi connectivity index (χ1v) is 9.11. The fourth-order valence-corrected chi connectivity index (χ4v) is 4.39. The summed E-state index contributed by atoms with van der Waals surface area (Å²) >= 11 is 0. The van der Waals surface area contributed by atoms with Crippen LogP contribution in [0.2, 0.25) is 0 Å². The largest absolute Gasteiger partial charge is 0.391 e. The van der Waals surface area contributed by atoms with E-state index >= 15 is 0 Å². The molecule has 2 N–H and O–H groups in total. The molecule has 2 heterocycles. The number of fused-ring (bicyclic) bond motifs is 1. The number of nitrogens with one attached hydrogen (secondary N) is 1. The second-order valence-corrected chi connectivity index (χ2v) is 7.47. The number of nitrogens with zero attached hydrogens (tertiary/aromatic N) is 3. The lowest BCUT2D eigenvalue weighted by molar-refractivity contribution is 0.0350. The van der Waals surface area contributed by atoms with E-state index in [-0.39, 0.29) is 29.6 Å². The number of hydrogen-bond acceptors (Lipinski definition) is 3. The average Bonchev–Trinajstić information content (AvgIpc) is 3.23. The van der Waals surface area contributed by atoms with Gasteiger partial charge in [0.2, 0.25) is 0 Å². The van der Waals surface area contributed by atoms with E-state index in [1.807, 2.05) is 17.7 Å². The summed E-state index contributed by atoms with van der Waals surface area (Å²) in [4.78, 5) is 18.4. The van der Waals surface area contributed by atoms with Crippen molar-refractivity contribution in [3.8, 4) is 0 Å². The molecule has 0 radical (unpaired) electrons. The quantitative estimate of drug-likeness (QED) is 0.847. The zero-order valence-electron chi connectivity index (χ0n) is 15.0. The summed E-state index contributed by atoms with van der Waals surface area (Å²) in [5.41, 5.74) is 0.223. The molecule has 0 bridgehead atoms. The number of aryl methyl sites for hydroxylation is 1. The van der Waals surface area contributed by atoms with E-state index in [0.717, 1.165) is 24.4 Å². The topological polar surface area (TPSA) is 70.4 Å².